The minimum atomic E-state index is -3.78. The Bertz CT molecular complexity index is 679. The maximum absolute atomic E-state index is 11.5. The fraction of sp³-hybridized carbons (Fsp3) is 0.250. The van der Waals surface area contributed by atoms with Crippen LogP contribution in [-0.4, -0.2) is 18.6 Å². The van der Waals surface area contributed by atoms with Crippen LogP contribution in [0.25, 0.3) is 11.3 Å². The van der Waals surface area contributed by atoms with Crippen LogP contribution in [0.3, 0.4) is 0 Å². The summed E-state index contributed by atoms with van der Waals surface area (Å²) in [5.41, 5.74) is 4.39. The number of H-pyrrole nitrogens is 1. The molecule has 0 atom stereocenters. The van der Waals surface area contributed by atoms with Crippen LogP contribution >= 0.6 is 0 Å². The van der Waals surface area contributed by atoms with E-state index in [9.17, 15) is 8.42 Å². The molecule has 0 amide bonds. The SMILES string of the molecule is Cc1cc(C)c(-c2[nH]ncc2S(N)(=O)=O)c(C)c1. The van der Waals surface area contributed by atoms with Crippen LogP contribution in [0.2, 0.25) is 0 Å². The van der Waals surface area contributed by atoms with Crippen molar-refractivity contribution < 1.29 is 8.42 Å². The van der Waals surface area contributed by atoms with Crippen molar-refractivity contribution in [2.45, 2.75) is 25.7 Å². The zero-order valence-corrected chi connectivity index (χ0v) is 11.3. The van der Waals surface area contributed by atoms with Crippen molar-refractivity contribution in [2.24, 2.45) is 5.14 Å². The van der Waals surface area contributed by atoms with E-state index in [1.54, 1.807) is 0 Å². The number of nitrogens with zero attached hydrogens (tertiary/aromatic N) is 1. The molecule has 0 spiro atoms. The number of sulfonamides is 1. The molecule has 0 saturated carbocycles. The minimum absolute atomic E-state index is 0.0255. The highest BCUT2D eigenvalue weighted by Crippen LogP contribution is 2.30. The zero-order valence-electron chi connectivity index (χ0n) is 10.5. The summed E-state index contributed by atoms with van der Waals surface area (Å²) in [5.74, 6) is 0. The molecule has 0 saturated heterocycles. The number of nitrogens with two attached hydrogens (primary N) is 1. The van der Waals surface area contributed by atoms with Gasteiger partial charge in [-0.25, -0.2) is 13.6 Å². The number of hydrogen-bond acceptors (Lipinski definition) is 3. The number of aromatic amines is 1. The van der Waals surface area contributed by atoms with Gasteiger partial charge in [-0.15, -0.1) is 0 Å². The highest BCUT2D eigenvalue weighted by atomic mass is 32.2. The monoisotopic (exact) mass is 265 g/mol. The Morgan fingerprint density at radius 1 is 1.17 bits per heavy atom. The van der Waals surface area contributed by atoms with Gasteiger partial charge in [0.1, 0.15) is 4.90 Å². The number of hydrogen-bond donors (Lipinski definition) is 2. The number of benzene rings is 1. The summed E-state index contributed by atoms with van der Waals surface area (Å²) in [7, 11) is -3.78. The van der Waals surface area contributed by atoms with E-state index in [1.165, 1.54) is 6.20 Å². The molecule has 6 heteroatoms. The summed E-state index contributed by atoms with van der Waals surface area (Å²) in [5, 5.41) is 11.7. The molecule has 0 fully saturated rings. The van der Waals surface area contributed by atoms with Gasteiger partial charge in [-0.2, -0.15) is 5.10 Å². The largest absolute Gasteiger partial charge is 0.276 e. The lowest BCUT2D eigenvalue weighted by molar-refractivity contribution is 0.598. The van der Waals surface area contributed by atoms with Crippen LogP contribution in [-0.2, 0) is 10.0 Å². The smallest absolute Gasteiger partial charge is 0.241 e. The molecule has 2 rings (SSSR count). The molecule has 5 nitrogen and oxygen atoms in total. The van der Waals surface area contributed by atoms with Crippen molar-refractivity contribution in [3.05, 3.63) is 35.0 Å². The third kappa shape index (κ3) is 2.16. The first-order valence-electron chi connectivity index (χ1n) is 5.45. The molecule has 0 bridgehead atoms. The first-order valence-corrected chi connectivity index (χ1v) is 6.99. The van der Waals surface area contributed by atoms with Gasteiger partial charge in [0, 0.05) is 5.56 Å². The maximum Gasteiger partial charge on any atom is 0.241 e. The number of nitrogens with one attached hydrogen (secondary N) is 1. The van der Waals surface area contributed by atoms with Crippen molar-refractivity contribution in [2.75, 3.05) is 0 Å². The van der Waals surface area contributed by atoms with Gasteiger partial charge in [-0.1, -0.05) is 17.7 Å². The van der Waals surface area contributed by atoms with Gasteiger partial charge in [-0.05, 0) is 31.9 Å². The van der Waals surface area contributed by atoms with Crippen molar-refractivity contribution in [1.29, 1.82) is 0 Å². The molecule has 18 heavy (non-hydrogen) atoms. The maximum atomic E-state index is 11.5. The van der Waals surface area contributed by atoms with E-state index in [0.29, 0.717) is 5.69 Å². The third-order valence-corrected chi connectivity index (χ3v) is 3.76. The quantitative estimate of drug-likeness (QED) is 0.865. The third-order valence-electron chi connectivity index (χ3n) is 2.84. The average molecular weight is 265 g/mol. The molecule has 1 aromatic carbocycles. The second kappa shape index (κ2) is 4.22. The number of aryl methyl sites for hydroxylation is 3. The van der Waals surface area contributed by atoms with Crippen molar-refractivity contribution >= 4 is 10.0 Å². The first kappa shape index (κ1) is 12.8. The van der Waals surface area contributed by atoms with Crippen molar-refractivity contribution in [3.63, 3.8) is 0 Å². The fourth-order valence-electron chi connectivity index (χ4n) is 2.24. The van der Waals surface area contributed by atoms with E-state index in [4.69, 9.17) is 5.14 Å². The standard InChI is InChI=1S/C12H15N3O2S/c1-7-4-8(2)11(9(3)5-7)12-10(6-14-15-12)18(13,16)17/h4-6H,1-3H3,(H,14,15)(H2,13,16,17). The molecule has 0 unspecified atom stereocenters. The van der Waals surface area contributed by atoms with Gasteiger partial charge in [0.25, 0.3) is 0 Å². The summed E-state index contributed by atoms with van der Waals surface area (Å²) in [6.45, 7) is 5.86. The fourth-order valence-corrected chi connectivity index (χ4v) is 2.88. The van der Waals surface area contributed by atoms with Crippen LogP contribution in [0.5, 0.6) is 0 Å². The van der Waals surface area contributed by atoms with E-state index in [-0.39, 0.29) is 4.90 Å². The summed E-state index contributed by atoms with van der Waals surface area (Å²) in [6, 6.07) is 3.99. The predicted molar refractivity (Wildman–Crippen MR) is 69.6 cm³/mol. The van der Waals surface area contributed by atoms with Crippen molar-refractivity contribution in [3.8, 4) is 11.3 Å². The molecule has 1 aromatic heterocycles. The highest BCUT2D eigenvalue weighted by molar-refractivity contribution is 7.89. The molecular weight excluding hydrogens is 250 g/mol. The summed E-state index contributed by atoms with van der Waals surface area (Å²) >= 11 is 0. The molecule has 2 aromatic rings. The van der Waals surface area contributed by atoms with Gasteiger partial charge < -0.3 is 0 Å². The van der Waals surface area contributed by atoms with Gasteiger partial charge in [-0.3, -0.25) is 5.10 Å². The average Bonchev–Trinajstić information content (AvgIpc) is 2.63. The van der Waals surface area contributed by atoms with Crippen LogP contribution in [0.15, 0.2) is 23.2 Å². The summed E-state index contributed by atoms with van der Waals surface area (Å²) in [6.07, 6.45) is 1.24. The second-order valence-electron chi connectivity index (χ2n) is 4.43. The lowest BCUT2D eigenvalue weighted by Gasteiger charge is -2.10. The normalized spacial score (nSPS) is 11.8. The first-order chi connectivity index (χ1) is 8.30. The lowest BCUT2D eigenvalue weighted by Crippen LogP contribution is -2.12. The van der Waals surface area contributed by atoms with Crippen LogP contribution in [0.4, 0.5) is 0 Å². The van der Waals surface area contributed by atoms with E-state index >= 15 is 0 Å². The van der Waals surface area contributed by atoms with Crippen LogP contribution in [0, 0.1) is 20.8 Å². The number of primary sulfonamides is 1. The summed E-state index contributed by atoms with van der Waals surface area (Å²) in [4.78, 5) is 0.0255. The van der Waals surface area contributed by atoms with Gasteiger partial charge >= 0.3 is 0 Å². The van der Waals surface area contributed by atoms with E-state index in [0.717, 1.165) is 22.3 Å². The predicted octanol–water partition coefficient (Wildman–Crippen LogP) is 1.65. The van der Waals surface area contributed by atoms with Crippen molar-refractivity contribution in [1.82, 2.24) is 10.2 Å². The molecule has 0 radical (unpaired) electrons. The van der Waals surface area contributed by atoms with E-state index in [1.807, 2.05) is 32.9 Å². The van der Waals surface area contributed by atoms with E-state index in [2.05, 4.69) is 10.2 Å². The Morgan fingerprint density at radius 2 is 1.72 bits per heavy atom. The topological polar surface area (TPSA) is 88.8 Å². The molecular formula is C12H15N3O2S. The zero-order chi connectivity index (χ0) is 13.5. The molecule has 0 aliphatic rings. The minimum Gasteiger partial charge on any atom is -0.276 e. The van der Waals surface area contributed by atoms with E-state index < -0.39 is 10.0 Å². The Kier molecular flexibility index (Phi) is 3.00. The molecule has 0 aliphatic carbocycles. The number of rotatable bonds is 2. The van der Waals surface area contributed by atoms with Gasteiger partial charge in [0.2, 0.25) is 10.0 Å². The molecule has 0 aliphatic heterocycles. The Labute approximate surface area is 106 Å². The Morgan fingerprint density at radius 3 is 2.22 bits per heavy atom. The summed E-state index contributed by atoms with van der Waals surface area (Å²) < 4.78 is 23.0. The Balaban J connectivity index is 2.75. The molecule has 3 N–H and O–H groups in total. The number of aromatic nitrogens is 2. The molecule has 96 valence electrons. The van der Waals surface area contributed by atoms with Gasteiger partial charge in [0.15, 0.2) is 0 Å². The highest BCUT2D eigenvalue weighted by Gasteiger charge is 2.20. The molecule has 1 heterocycles. The van der Waals surface area contributed by atoms with Crippen LogP contribution in [0.1, 0.15) is 16.7 Å². The second-order valence-corrected chi connectivity index (χ2v) is 5.96. The van der Waals surface area contributed by atoms with Crippen LogP contribution < -0.4 is 5.14 Å². The van der Waals surface area contributed by atoms with Gasteiger partial charge in [0.05, 0.1) is 11.9 Å². The Hall–Kier alpha value is -1.66. The lowest BCUT2D eigenvalue weighted by atomic mass is 9.97.